The van der Waals surface area contributed by atoms with E-state index in [2.05, 4.69) is 15.1 Å². The largest absolute Gasteiger partial charge is 0.465 e. The molecule has 11 heteroatoms. The Hall–Kier alpha value is -2.49. The van der Waals surface area contributed by atoms with Crippen LogP contribution in [0.5, 0.6) is 0 Å². The zero-order valence-electron chi connectivity index (χ0n) is 16.8. The van der Waals surface area contributed by atoms with Crippen molar-refractivity contribution in [3.63, 3.8) is 0 Å². The second kappa shape index (κ2) is 11.1. The van der Waals surface area contributed by atoms with Gasteiger partial charge < -0.3 is 14.8 Å². The predicted octanol–water partition coefficient (Wildman–Crippen LogP) is 3.26. The highest BCUT2D eigenvalue weighted by Gasteiger charge is 2.58. The zero-order chi connectivity index (χ0) is 22.0. The van der Waals surface area contributed by atoms with Gasteiger partial charge in [0.05, 0.1) is 20.1 Å². The predicted molar refractivity (Wildman–Crippen MR) is 105 cm³/mol. The van der Waals surface area contributed by atoms with E-state index in [-0.39, 0.29) is 13.2 Å². The number of esters is 1. The molecule has 0 fully saturated rings. The number of carbonyl (C=O) groups excluding carboxylic acids is 2. The first kappa shape index (κ1) is 23.8. The normalized spacial score (nSPS) is 20.6. The summed E-state index contributed by atoms with van der Waals surface area (Å²) in [6.07, 6.45) is 5.19. The number of benzene rings is 1. The van der Waals surface area contributed by atoms with Gasteiger partial charge in [-0.3, -0.25) is 9.36 Å². The van der Waals surface area contributed by atoms with E-state index < -0.39 is 30.9 Å². The van der Waals surface area contributed by atoms with Crippen LogP contribution >= 0.6 is 7.60 Å². The fourth-order valence-corrected chi connectivity index (χ4v) is 4.54. The maximum Gasteiger partial charge on any atom is 0.414 e. The van der Waals surface area contributed by atoms with Gasteiger partial charge in [0.25, 0.3) is 0 Å². The van der Waals surface area contributed by atoms with E-state index in [1.165, 1.54) is 19.1 Å². The van der Waals surface area contributed by atoms with Crippen molar-refractivity contribution in [1.82, 2.24) is 5.32 Å². The standard InChI is InChI=1S/C19H24NO9P/c1-15(21)26-14-17-11-7-8-12-19(17,30(23,28-24-2)29-25-3)20-18(22)27-13-16-9-5-4-6-10-16/h4-12,17H,13-14H2,1-3H3,(H,20,22). The second-order valence-corrected chi connectivity index (χ2v) is 8.18. The molecule has 30 heavy (non-hydrogen) atoms. The molecular weight excluding hydrogens is 417 g/mol. The summed E-state index contributed by atoms with van der Waals surface area (Å²) in [4.78, 5) is 33.1. The van der Waals surface area contributed by atoms with Crippen molar-refractivity contribution < 1.29 is 42.8 Å². The van der Waals surface area contributed by atoms with Crippen LogP contribution in [0, 0.1) is 5.92 Å². The van der Waals surface area contributed by atoms with Crippen molar-refractivity contribution in [3.05, 3.63) is 60.2 Å². The van der Waals surface area contributed by atoms with E-state index in [0.717, 1.165) is 19.8 Å². The van der Waals surface area contributed by atoms with E-state index in [1.807, 2.05) is 6.07 Å². The molecule has 10 nitrogen and oxygen atoms in total. The summed E-state index contributed by atoms with van der Waals surface area (Å²) in [6.45, 7) is 0.958. The van der Waals surface area contributed by atoms with Gasteiger partial charge >= 0.3 is 19.7 Å². The molecular formula is C19H24NO9P. The smallest absolute Gasteiger partial charge is 0.414 e. The highest BCUT2D eigenvalue weighted by Crippen LogP contribution is 2.63. The Kier molecular flexibility index (Phi) is 8.76. The van der Waals surface area contributed by atoms with Crippen LogP contribution in [0.15, 0.2) is 54.6 Å². The van der Waals surface area contributed by atoms with Gasteiger partial charge in [0.2, 0.25) is 0 Å². The molecule has 0 saturated carbocycles. The van der Waals surface area contributed by atoms with Gasteiger partial charge in [0, 0.05) is 6.92 Å². The first-order valence-electron chi connectivity index (χ1n) is 8.90. The van der Waals surface area contributed by atoms with Crippen LogP contribution < -0.4 is 5.32 Å². The average molecular weight is 441 g/mol. The van der Waals surface area contributed by atoms with Gasteiger partial charge in [-0.2, -0.15) is 0 Å². The van der Waals surface area contributed by atoms with Crippen LogP contribution in [-0.4, -0.2) is 38.2 Å². The quantitative estimate of drug-likeness (QED) is 0.253. The third-order valence-electron chi connectivity index (χ3n) is 4.15. The molecule has 2 atom stereocenters. The van der Waals surface area contributed by atoms with Crippen LogP contribution in [0.3, 0.4) is 0 Å². The maximum atomic E-state index is 13.6. The van der Waals surface area contributed by atoms with Gasteiger partial charge in [-0.15, -0.1) is 9.35 Å². The first-order valence-corrected chi connectivity index (χ1v) is 10.4. The minimum Gasteiger partial charge on any atom is -0.465 e. The topological polar surface area (TPSA) is 119 Å². The molecule has 2 rings (SSSR count). The lowest BCUT2D eigenvalue weighted by atomic mass is 9.95. The molecule has 1 aromatic carbocycles. The van der Waals surface area contributed by atoms with E-state index in [1.54, 1.807) is 36.4 Å². The number of allylic oxidation sites excluding steroid dienone is 2. The monoisotopic (exact) mass is 441 g/mol. The Bertz CT molecular complexity index is 817. The lowest BCUT2D eigenvalue weighted by Gasteiger charge is -2.40. The fraction of sp³-hybridized carbons (Fsp3) is 0.368. The molecule has 0 radical (unpaired) electrons. The molecule has 0 spiro atoms. The van der Waals surface area contributed by atoms with Crippen LogP contribution in [0.25, 0.3) is 0 Å². The number of carbonyl (C=O) groups is 2. The van der Waals surface area contributed by atoms with E-state index in [0.29, 0.717) is 0 Å². The third-order valence-corrected chi connectivity index (χ3v) is 6.34. The lowest BCUT2D eigenvalue weighted by molar-refractivity contribution is -0.246. The Morgan fingerprint density at radius 1 is 1.07 bits per heavy atom. The Morgan fingerprint density at radius 3 is 2.33 bits per heavy atom. The van der Waals surface area contributed by atoms with Crippen molar-refractivity contribution in [1.29, 1.82) is 0 Å². The lowest BCUT2D eigenvalue weighted by Crippen LogP contribution is -2.54. The number of nitrogens with one attached hydrogen (secondary N) is 1. The molecule has 0 bridgehead atoms. The van der Waals surface area contributed by atoms with Gasteiger partial charge in [-0.05, 0) is 11.6 Å². The van der Waals surface area contributed by atoms with Crippen LogP contribution in [0.1, 0.15) is 12.5 Å². The van der Waals surface area contributed by atoms with E-state index >= 15 is 0 Å². The van der Waals surface area contributed by atoms with Gasteiger partial charge in [-0.25, -0.2) is 14.6 Å². The summed E-state index contributed by atoms with van der Waals surface area (Å²) < 4.78 is 33.7. The summed E-state index contributed by atoms with van der Waals surface area (Å²) in [5, 5.41) is 0.673. The van der Waals surface area contributed by atoms with E-state index in [9.17, 15) is 14.2 Å². The summed E-state index contributed by atoms with van der Waals surface area (Å²) in [7, 11) is -2.13. The minimum atomic E-state index is -4.38. The van der Waals surface area contributed by atoms with Gasteiger partial charge in [0.1, 0.15) is 13.2 Å². The SMILES string of the molecule is COOP(=O)(OOC)C1(NC(=O)OCc2ccccc2)C=CC=CC1COC(C)=O. The number of ether oxygens (including phenoxy) is 2. The number of hydrogen-bond acceptors (Lipinski definition) is 9. The maximum absolute atomic E-state index is 13.6. The molecule has 2 unspecified atom stereocenters. The van der Waals surface area contributed by atoms with Crippen molar-refractivity contribution in [2.24, 2.45) is 5.92 Å². The molecule has 1 aliphatic rings. The summed E-state index contributed by atoms with van der Waals surface area (Å²) in [5.41, 5.74) is 0.752. The number of alkyl carbamates (subject to hydrolysis) is 1. The highest BCUT2D eigenvalue weighted by molar-refractivity contribution is 7.55. The molecule has 0 saturated heterocycles. The van der Waals surface area contributed by atoms with Crippen LogP contribution in [0.2, 0.25) is 0 Å². The molecule has 0 aromatic heterocycles. The van der Waals surface area contributed by atoms with Gasteiger partial charge in [0.15, 0.2) is 5.28 Å². The minimum absolute atomic E-state index is 0.0303. The summed E-state index contributed by atoms with van der Waals surface area (Å²) in [6, 6.07) is 8.99. The fourth-order valence-electron chi connectivity index (χ4n) is 2.81. The van der Waals surface area contributed by atoms with Crippen molar-refractivity contribution in [3.8, 4) is 0 Å². The molecule has 1 aromatic rings. The summed E-state index contributed by atoms with van der Waals surface area (Å²) in [5.74, 6) is -1.42. The molecule has 0 aliphatic heterocycles. The average Bonchev–Trinajstić information content (AvgIpc) is 2.72. The van der Waals surface area contributed by atoms with Crippen molar-refractivity contribution in [2.45, 2.75) is 18.8 Å². The van der Waals surface area contributed by atoms with Gasteiger partial charge in [-0.1, -0.05) is 48.6 Å². The Morgan fingerprint density at radius 2 is 1.73 bits per heavy atom. The Balaban J connectivity index is 2.33. The molecule has 1 amide bonds. The number of amides is 1. The number of hydrogen-bond donors (Lipinski definition) is 1. The zero-order valence-corrected chi connectivity index (χ0v) is 17.7. The number of rotatable bonds is 10. The summed E-state index contributed by atoms with van der Waals surface area (Å²) >= 11 is 0. The second-order valence-electron chi connectivity index (χ2n) is 6.15. The Labute approximate surface area is 174 Å². The van der Waals surface area contributed by atoms with Crippen LogP contribution in [-0.2, 0) is 44.6 Å². The molecule has 164 valence electrons. The van der Waals surface area contributed by atoms with Crippen molar-refractivity contribution in [2.75, 3.05) is 20.8 Å². The molecule has 0 heterocycles. The van der Waals surface area contributed by atoms with Crippen molar-refractivity contribution >= 4 is 19.7 Å². The third kappa shape index (κ3) is 5.78. The van der Waals surface area contributed by atoms with E-state index in [4.69, 9.17) is 18.8 Å². The van der Waals surface area contributed by atoms with Crippen LogP contribution in [0.4, 0.5) is 4.79 Å². The highest BCUT2D eigenvalue weighted by atomic mass is 31.2. The first-order chi connectivity index (χ1) is 14.4. The molecule has 1 N–H and O–H groups in total. The molecule has 1 aliphatic carbocycles.